The number of aromatic nitrogens is 1. The van der Waals surface area contributed by atoms with Crippen LogP contribution in [0.3, 0.4) is 0 Å². The second-order valence-corrected chi connectivity index (χ2v) is 14.0. The highest BCUT2D eigenvalue weighted by atomic mass is 33.1. The van der Waals surface area contributed by atoms with Gasteiger partial charge in [0.25, 0.3) is 5.91 Å². The lowest BCUT2D eigenvalue weighted by Gasteiger charge is -2.29. The molecule has 270 valence electrons. The zero-order valence-corrected chi connectivity index (χ0v) is 28.5. The Hall–Kier alpha value is -4.46. The maximum absolute atomic E-state index is 13.8. The van der Waals surface area contributed by atoms with Crippen LogP contribution in [0, 0.1) is 0 Å². The van der Waals surface area contributed by atoms with Gasteiger partial charge in [0.05, 0.1) is 13.0 Å². The summed E-state index contributed by atoms with van der Waals surface area (Å²) in [6.45, 7) is 0.286. The third-order valence-corrected chi connectivity index (χ3v) is 10.0. The fourth-order valence-corrected chi connectivity index (χ4v) is 7.12. The lowest BCUT2D eigenvalue weighted by atomic mass is 10.1. The molecule has 49 heavy (non-hydrogen) atoms. The van der Waals surface area contributed by atoms with Gasteiger partial charge in [-0.2, -0.15) is 0 Å². The molecule has 0 spiro atoms. The smallest absolute Gasteiger partial charge is 0.305 e. The number of H-pyrrole nitrogens is 1. The molecule has 0 bridgehead atoms. The zero-order chi connectivity index (χ0) is 35.8. The number of hydrogen-bond acceptors (Lipinski definition) is 10. The van der Waals surface area contributed by atoms with Crippen molar-refractivity contribution in [3.8, 4) is 0 Å². The first kappa shape index (κ1) is 39.0. The number of carbonyl (C=O) groups is 7. The molecule has 2 aliphatic heterocycles. The van der Waals surface area contributed by atoms with Crippen LogP contribution in [0.2, 0.25) is 0 Å². The van der Waals surface area contributed by atoms with E-state index in [4.69, 9.17) is 11.5 Å². The van der Waals surface area contributed by atoms with Crippen LogP contribution in [0.1, 0.15) is 56.6 Å². The van der Waals surface area contributed by atoms with E-state index in [2.05, 4.69) is 36.6 Å². The van der Waals surface area contributed by atoms with Crippen molar-refractivity contribution in [3.63, 3.8) is 0 Å². The summed E-state index contributed by atoms with van der Waals surface area (Å²) in [5, 5.41) is 22.3. The first-order valence-electron chi connectivity index (χ1n) is 15.9. The third-order valence-electron chi connectivity index (χ3n) is 7.61. The Morgan fingerprint density at radius 1 is 0.939 bits per heavy atom. The Labute approximate surface area is 290 Å². The summed E-state index contributed by atoms with van der Waals surface area (Å²) in [6.07, 6.45) is 4.52. The Morgan fingerprint density at radius 3 is 2.41 bits per heavy atom. The largest absolute Gasteiger partial charge is 0.481 e. The van der Waals surface area contributed by atoms with Gasteiger partial charge in [0.2, 0.25) is 29.5 Å². The molecule has 3 rings (SSSR count). The number of nitrogens with zero attached hydrogens (tertiary/aromatic N) is 2. The van der Waals surface area contributed by atoms with Gasteiger partial charge in [0, 0.05) is 55.5 Å². The first-order valence-corrected chi connectivity index (χ1v) is 18.3. The molecule has 2 aliphatic rings. The molecule has 2 saturated heterocycles. The highest BCUT2D eigenvalue weighted by Crippen LogP contribution is 2.25. The van der Waals surface area contributed by atoms with Crippen LogP contribution in [-0.4, -0.2) is 118 Å². The van der Waals surface area contributed by atoms with E-state index in [9.17, 15) is 38.7 Å². The average Bonchev–Trinajstić information content (AvgIpc) is 3.77. The number of fused-ring (bicyclic) bond motifs is 1. The number of aliphatic carboxylic acids is 1. The quantitative estimate of drug-likeness (QED) is 0.0614. The summed E-state index contributed by atoms with van der Waals surface area (Å²) < 4.78 is 0. The molecule has 3 heterocycles. The summed E-state index contributed by atoms with van der Waals surface area (Å²) in [6, 6.07) is -3.10. The van der Waals surface area contributed by atoms with E-state index in [0.717, 1.165) is 0 Å². The topological polar surface area (TPSA) is 283 Å². The minimum Gasteiger partial charge on any atom is -0.481 e. The second kappa shape index (κ2) is 20.1. The predicted molar refractivity (Wildman–Crippen MR) is 183 cm³/mol. The van der Waals surface area contributed by atoms with Gasteiger partial charge in [-0.1, -0.05) is 21.6 Å². The molecule has 0 radical (unpaired) electrons. The number of carboxylic acids is 1. The molecule has 18 nitrogen and oxygen atoms in total. The summed E-state index contributed by atoms with van der Waals surface area (Å²) >= 11 is 0. The van der Waals surface area contributed by atoms with E-state index < -0.39 is 66.7 Å². The number of aromatic amines is 1. The lowest BCUT2D eigenvalue weighted by Crippen LogP contribution is -2.55. The second-order valence-electron chi connectivity index (χ2n) is 11.3. The molecule has 4 atom stereocenters. The predicted octanol–water partition coefficient (Wildman–Crippen LogP) is -1.93. The molecule has 20 heteroatoms. The van der Waals surface area contributed by atoms with Crippen LogP contribution in [0.4, 0.5) is 0 Å². The van der Waals surface area contributed by atoms with Gasteiger partial charge in [-0.3, -0.25) is 38.6 Å². The van der Waals surface area contributed by atoms with Gasteiger partial charge < -0.3 is 53.0 Å². The van der Waals surface area contributed by atoms with Crippen LogP contribution in [0.25, 0.3) is 0 Å². The van der Waals surface area contributed by atoms with Gasteiger partial charge in [-0.05, 0) is 38.2 Å². The lowest BCUT2D eigenvalue weighted by molar-refractivity contribution is -0.143. The maximum atomic E-state index is 13.8. The molecule has 2 fully saturated rings. The van der Waals surface area contributed by atoms with Crippen molar-refractivity contribution < 1.29 is 38.7 Å². The third kappa shape index (κ3) is 13.2. The van der Waals surface area contributed by atoms with E-state index in [1.807, 2.05) is 0 Å². The van der Waals surface area contributed by atoms with E-state index >= 15 is 0 Å². The number of guanidine groups is 1. The number of rotatable bonds is 8. The highest BCUT2D eigenvalue weighted by molar-refractivity contribution is 8.76. The van der Waals surface area contributed by atoms with Crippen molar-refractivity contribution in [1.29, 1.82) is 0 Å². The van der Waals surface area contributed by atoms with Crippen molar-refractivity contribution in [2.75, 3.05) is 37.7 Å². The summed E-state index contributed by atoms with van der Waals surface area (Å²) in [5.74, 6) is -4.27. The van der Waals surface area contributed by atoms with Crippen LogP contribution in [0.15, 0.2) is 23.5 Å². The number of aliphatic imine (C=N–C) groups is 1. The Balaban J connectivity index is 1.80. The normalized spacial score (nSPS) is 24.0. The fourth-order valence-electron chi connectivity index (χ4n) is 5.23. The van der Waals surface area contributed by atoms with Crippen molar-refractivity contribution in [1.82, 2.24) is 36.5 Å². The van der Waals surface area contributed by atoms with Crippen molar-refractivity contribution in [3.05, 3.63) is 24.0 Å². The number of unbranched alkanes of at least 4 members (excludes halogenated alkanes) is 1. The van der Waals surface area contributed by atoms with Crippen LogP contribution in [0.5, 0.6) is 0 Å². The van der Waals surface area contributed by atoms with Crippen molar-refractivity contribution in [2.24, 2.45) is 16.5 Å². The number of amides is 6. The molecule has 0 unspecified atom stereocenters. The molecule has 0 aliphatic carbocycles. The molecule has 6 amide bonds. The van der Waals surface area contributed by atoms with E-state index in [1.54, 1.807) is 12.3 Å². The van der Waals surface area contributed by atoms with E-state index in [0.29, 0.717) is 55.8 Å². The summed E-state index contributed by atoms with van der Waals surface area (Å²) in [7, 11) is 2.89. The van der Waals surface area contributed by atoms with E-state index in [1.165, 1.54) is 32.7 Å². The Kier molecular flexibility index (Phi) is 16.0. The zero-order valence-electron chi connectivity index (χ0n) is 26.9. The number of nitrogens with one attached hydrogen (secondary N) is 6. The number of hydrogen-bond donors (Lipinski definition) is 9. The van der Waals surface area contributed by atoms with Gasteiger partial charge in [-0.25, -0.2) is 0 Å². The van der Waals surface area contributed by atoms with Crippen LogP contribution < -0.4 is 38.1 Å². The average molecular weight is 725 g/mol. The molecule has 1 aromatic heterocycles. The minimum absolute atomic E-state index is 0.0686. The number of carbonyl (C=O) groups excluding carboxylic acids is 6. The molecular weight excluding hydrogens is 681 g/mol. The molecular formula is C29H44N10O8S2. The fraction of sp³-hybridized carbons (Fsp3) is 0.586. The van der Waals surface area contributed by atoms with Gasteiger partial charge in [0.1, 0.15) is 24.2 Å². The molecule has 0 saturated carbocycles. The highest BCUT2D eigenvalue weighted by Gasteiger charge is 2.39. The van der Waals surface area contributed by atoms with Crippen molar-refractivity contribution in [2.45, 2.75) is 69.1 Å². The van der Waals surface area contributed by atoms with Gasteiger partial charge in [0.15, 0.2) is 5.96 Å². The van der Waals surface area contributed by atoms with E-state index in [-0.39, 0.29) is 37.2 Å². The minimum atomic E-state index is -1.61. The molecule has 0 aromatic carbocycles. The van der Waals surface area contributed by atoms with Gasteiger partial charge >= 0.3 is 5.97 Å². The monoisotopic (exact) mass is 724 g/mol. The van der Waals surface area contributed by atoms with Crippen LogP contribution >= 0.6 is 21.6 Å². The Bertz CT molecular complexity index is 1360. The van der Waals surface area contributed by atoms with Crippen molar-refractivity contribution >= 4 is 69.0 Å². The summed E-state index contributed by atoms with van der Waals surface area (Å²) in [5.41, 5.74) is 11.1. The van der Waals surface area contributed by atoms with Gasteiger partial charge in [-0.15, -0.1) is 0 Å². The Morgan fingerprint density at radius 2 is 1.69 bits per heavy atom. The standard InChI is InChI=1S/C29H44N10O8S2/c30-29(31)34-8-2-1-4-18-25(44)35-16-22(41)37-19(14-23(42)43)26(45)38-24(17-6-9-32-15-17)28(47)39-11-3-5-20(39)27(46)33-10-13-49-48-12-7-21(40)36-18/h6,9,15,18-20,24,32H,1-5,7-8,10-14,16H2,(H,33,46)(H,35,44)(H,36,40)(H,37,41)(H,38,45)(H,42,43)(H4,30,31,34)/t18-,19-,20-,24+/m0/s1. The maximum Gasteiger partial charge on any atom is 0.305 e. The number of carboxylic acid groups (broad SMARTS) is 1. The first-order chi connectivity index (χ1) is 23.5. The summed E-state index contributed by atoms with van der Waals surface area (Å²) in [4.78, 5) is 98.8. The molecule has 11 N–H and O–H groups in total. The SMILES string of the molecule is NC(N)=NCCCC[C@@H]1NC(=O)CCSSCCNC(=O)[C@@H]2CCCN2C(=O)[C@@H](c2cc[nH]c2)NC(=O)[C@H](CC(=O)O)NC(=O)CNC1=O. The van der Waals surface area contributed by atoms with Crippen LogP contribution in [-0.2, 0) is 33.6 Å². The number of nitrogens with two attached hydrogens (primary N) is 2. The molecule has 1 aromatic rings.